The second-order valence-electron chi connectivity index (χ2n) is 12.6. The predicted octanol–water partition coefficient (Wildman–Crippen LogP) is 4.17. The highest BCUT2D eigenvalue weighted by atomic mass is 16.6. The number of carbonyl (C=O) groups excluding carboxylic acids is 3. The third kappa shape index (κ3) is 4.30. The van der Waals surface area contributed by atoms with Crippen molar-refractivity contribution in [3.63, 3.8) is 0 Å². The summed E-state index contributed by atoms with van der Waals surface area (Å²) in [7, 11) is 0. The number of nitrogens with zero attached hydrogens (tertiary/aromatic N) is 6. The standard InChI is InChI=1S/C29H33N7O6/c1-27(2,3)41-25(39)34-13-10-16-20(31-15-32-22(16)34)23-35-17-8-7-9-18(37)21(17)33-24(35)29(11-12-30-19(38)14-29)36(23)26(40)42-28(4,5)6/h7-10,13,15,23,37H,11-12,14H2,1-6H3,(H,30,38). The molecule has 0 radical (unpaired) electrons. The summed E-state index contributed by atoms with van der Waals surface area (Å²) >= 11 is 0. The van der Waals surface area contributed by atoms with Crippen molar-refractivity contribution in [3.8, 4) is 5.75 Å². The fourth-order valence-corrected chi connectivity index (χ4v) is 5.82. The number of imidazole rings is 1. The Bertz CT molecular complexity index is 1760. The van der Waals surface area contributed by atoms with Crippen molar-refractivity contribution in [2.24, 2.45) is 0 Å². The number of phenolic OH excluding ortho intramolecular Hbond substituents is 1. The number of aromatic nitrogens is 5. The molecule has 2 aliphatic heterocycles. The fourth-order valence-electron chi connectivity index (χ4n) is 5.82. The molecule has 2 atom stereocenters. The molecule has 13 nitrogen and oxygen atoms in total. The van der Waals surface area contributed by atoms with Crippen LogP contribution in [0.2, 0.25) is 0 Å². The molecule has 220 valence electrons. The summed E-state index contributed by atoms with van der Waals surface area (Å²) in [6.45, 7) is 10.9. The number of aromatic hydroxyl groups is 1. The Labute approximate surface area is 241 Å². The summed E-state index contributed by atoms with van der Waals surface area (Å²) in [4.78, 5) is 55.5. The van der Waals surface area contributed by atoms with E-state index in [-0.39, 0.29) is 23.7 Å². The van der Waals surface area contributed by atoms with Gasteiger partial charge < -0.3 is 19.9 Å². The van der Waals surface area contributed by atoms with Gasteiger partial charge in [0.25, 0.3) is 0 Å². The molecule has 5 heterocycles. The summed E-state index contributed by atoms with van der Waals surface area (Å²) in [5, 5.41) is 14.1. The molecule has 3 aromatic heterocycles. The Hall–Kier alpha value is -4.68. The van der Waals surface area contributed by atoms with Gasteiger partial charge in [-0.25, -0.2) is 29.1 Å². The Morgan fingerprint density at radius 1 is 1.05 bits per heavy atom. The topological polar surface area (TPSA) is 154 Å². The Morgan fingerprint density at radius 2 is 1.76 bits per heavy atom. The number of nitrogens with one attached hydrogen (secondary N) is 1. The van der Waals surface area contributed by atoms with Crippen LogP contribution in [0.3, 0.4) is 0 Å². The lowest BCUT2D eigenvalue weighted by molar-refractivity contribution is -0.127. The summed E-state index contributed by atoms with van der Waals surface area (Å²) in [5.74, 6) is 0.154. The summed E-state index contributed by atoms with van der Waals surface area (Å²) < 4.78 is 14.6. The van der Waals surface area contributed by atoms with E-state index in [0.717, 1.165) is 0 Å². The molecular formula is C29H33N7O6. The minimum atomic E-state index is -1.20. The third-order valence-corrected chi connectivity index (χ3v) is 7.32. The number of ether oxygens (including phenoxy) is 2. The number of fused-ring (bicyclic) bond motifs is 5. The molecule has 4 aromatic rings. The highest BCUT2D eigenvalue weighted by Gasteiger charge is 2.59. The molecular weight excluding hydrogens is 542 g/mol. The summed E-state index contributed by atoms with van der Waals surface area (Å²) in [6, 6.07) is 6.71. The maximum atomic E-state index is 14.2. The molecule has 6 rings (SSSR count). The highest BCUT2D eigenvalue weighted by Crippen LogP contribution is 2.52. The van der Waals surface area contributed by atoms with Crippen LogP contribution in [0.25, 0.3) is 22.1 Å². The van der Waals surface area contributed by atoms with Crippen molar-refractivity contribution in [2.75, 3.05) is 6.54 Å². The van der Waals surface area contributed by atoms with E-state index >= 15 is 0 Å². The Morgan fingerprint density at radius 3 is 2.45 bits per heavy atom. The molecule has 2 unspecified atom stereocenters. The van der Waals surface area contributed by atoms with Gasteiger partial charge in [0.15, 0.2) is 11.8 Å². The minimum Gasteiger partial charge on any atom is -0.506 e. The Balaban J connectivity index is 1.63. The number of carbonyl (C=O) groups is 3. The quantitative estimate of drug-likeness (QED) is 0.340. The highest BCUT2D eigenvalue weighted by molar-refractivity contribution is 5.90. The molecule has 1 spiro atoms. The lowest BCUT2D eigenvalue weighted by Crippen LogP contribution is -2.55. The zero-order valence-electron chi connectivity index (χ0n) is 24.3. The van der Waals surface area contributed by atoms with Crippen molar-refractivity contribution in [3.05, 3.63) is 48.3 Å². The van der Waals surface area contributed by atoms with Crippen LogP contribution in [-0.2, 0) is 19.8 Å². The normalized spacial score (nSPS) is 20.7. The van der Waals surface area contributed by atoms with Crippen LogP contribution in [0, 0.1) is 0 Å². The number of amides is 2. The Kier molecular flexibility index (Phi) is 6.00. The second-order valence-corrected chi connectivity index (χ2v) is 12.6. The van der Waals surface area contributed by atoms with Crippen molar-refractivity contribution in [2.45, 2.75) is 77.3 Å². The maximum absolute atomic E-state index is 14.2. The van der Waals surface area contributed by atoms with Crippen LogP contribution in [0.5, 0.6) is 5.75 Å². The zero-order valence-corrected chi connectivity index (χ0v) is 24.3. The van der Waals surface area contributed by atoms with E-state index in [9.17, 15) is 19.5 Å². The van der Waals surface area contributed by atoms with E-state index in [0.29, 0.717) is 40.9 Å². The molecule has 1 fully saturated rings. The predicted molar refractivity (Wildman–Crippen MR) is 151 cm³/mol. The summed E-state index contributed by atoms with van der Waals surface area (Å²) in [5.41, 5.74) is -1.22. The molecule has 42 heavy (non-hydrogen) atoms. The van der Waals surface area contributed by atoms with Crippen LogP contribution < -0.4 is 5.32 Å². The van der Waals surface area contributed by atoms with Crippen molar-refractivity contribution < 1.29 is 29.0 Å². The fraction of sp³-hybridized carbons (Fsp3) is 0.448. The van der Waals surface area contributed by atoms with Gasteiger partial charge in [-0.3, -0.25) is 14.3 Å². The number of hydrogen-bond donors (Lipinski definition) is 2. The maximum Gasteiger partial charge on any atom is 0.420 e. The van der Waals surface area contributed by atoms with Gasteiger partial charge >= 0.3 is 12.2 Å². The third-order valence-electron chi connectivity index (χ3n) is 7.32. The van der Waals surface area contributed by atoms with E-state index in [1.807, 2.05) is 4.57 Å². The van der Waals surface area contributed by atoms with Gasteiger partial charge in [-0.2, -0.15) is 0 Å². The van der Waals surface area contributed by atoms with Gasteiger partial charge in [0.05, 0.1) is 17.6 Å². The first-order chi connectivity index (χ1) is 19.7. The van der Waals surface area contributed by atoms with E-state index < -0.39 is 35.1 Å². The van der Waals surface area contributed by atoms with Gasteiger partial charge in [0.2, 0.25) is 5.91 Å². The average Bonchev–Trinajstić information content (AvgIpc) is 3.54. The zero-order chi connectivity index (χ0) is 30.2. The SMILES string of the molecule is CC(C)(C)OC(=O)N1C(c2ncnc3c2ccn3C(=O)OC(C)(C)C)n2c(nc3c(O)cccc32)C12CCNC(=O)C2. The van der Waals surface area contributed by atoms with Crippen LogP contribution in [0.15, 0.2) is 36.8 Å². The molecule has 0 aliphatic carbocycles. The lowest BCUT2D eigenvalue weighted by Gasteiger charge is -2.42. The first kappa shape index (κ1) is 27.5. The van der Waals surface area contributed by atoms with Crippen LogP contribution in [0.1, 0.15) is 72.1 Å². The van der Waals surface area contributed by atoms with E-state index in [2.05, 4.69) is 15.3 Å². The number of rotatable bonds is 1. The van der Waals surface area contributed by atoms with Crippen molar-refractivity contribution in [1.82, 2.24) is 34.3 Å². The molecule has 13 heteroatoms. The van der Waals surface area contributed by atoms with Gasteiger partial charge in [-0.05, 0) is 66.2 Å². The molecule has 1 aromatic carbocycles. The van der Waals surface area contributed by atoms with E-state index in [1.165, 1.54) is 21.9 Å². The first-order valence-corrected chi connectivity index (χ1v) is 13.7. The molecule has 2 aliphatic rings. The molecule has 2 amide bonds. The largest absolute Gasteiger partial charge is 0.506 e. The number of para-hydroxylation sites is 1. The second kappa shape index (κ2) is 9.16. The molecule has 2 N–H and O–H groups in total. The number of benzene rings is 1. The van der Waals surface area contributed by atoms with Crippen LogP contribution >= 0.6 is 0 Å². The monoisotopic (exact) mass is 575 g/mol. The van der Waals surface area contributed by atoms with E-state index in [1.54, 1.807) is 65.9 Å². The van der Waals surface area contributed by atoms with Gasteiger partial charge in [0.1, 0.15) is 40.2 Å². The average molecular weight is 576 g/mol. The molecule has 0 saturated carbocycles. The summed E-state index contributed by atoms with van der Waals surface area (Å²) in [6.07, 6.45) is 0.932. The smallest absolute Gasteiger partial charge is 0.420 e. The first-order valence-electron chi connectivity index (χ1n) is 13.7. The van der Waals surface area contributed by atoms with Gasteiger partial charge in [0, 0.05) is 18.1 Å². The minimum absolute atomic E-state index is 0.0312. The number of hydrogen-bond acceptors (Lipinski definition) is 9. The van der Waals surface area contributed by atoms with E-state index in [4.69, 9.17) is 14.5 Å². The van der Waals surface area contributed by atoms with Crippen LogP contribution in [0.4, 0.5) is 9.59 Å². The van der Waals surface area contributed by atoms with Gasteiger partial charge in [-0.1, -0.05) is 6.07 Å². The number of phenols is 1. The number of piperidine rings is 1. The molecule has 1 saturated heterocycles. The molecule has 0 bridgehead atoms. The van der Waals surface area contributed by atoms with Crippen molar-refractivity contribution in [1.29, 1.82) is 0 Å². The van der Waals surface area contributed by atoms with Crippen molar-refractivity contribution >= 4 is 40.2 Å². The van der Waals surface area contributed by atoms with Crippen LogP contribution in [-0.4, -0.2) is 69.9 Å². The van der Waals surface area contributed by atoms with Gasteiger partial charge in [-0.15, -0.1) is 0 Å². The lowest BCUT2D eigenvalue weighted by atomic mass is 9.86.